The summed E-state index contributed by atoms with van der Waals surface area (Å²) in [4.78, 5) is 7.55. The van der Waals surface area contributed by atoms with Crippen LogP contribution in [0.25, 0.3) is 11.0 Å². The molecule has 1 aromatic carbocycles. The third-order valence-electron chi connectivity index (χ3n) is 1.75. The average molecular weight is 273 g/mol. The molecule has 0 radical (unpaired) electrons. The van der Waals surface area contributed by atoms with Crippen LogP contribution in [0.5, 0.6) is 0 Å². The summed E-state index contributed by atoms with van der Waals surface area (Å²) in [6.07, 6.45) is 0. The van der Waals surface area contributed by atoms with Crippen molar-refractivity contribution in [2.45, 2.75) is 5.16 Å². The van der Waals surface area contributed by atoms with Crippen LogP contribution in [0.1, 0.15) is 0 Å². The number of benzene rings is 1. The zero-order valence-electron chi connectivity index (χ0n) is 7.33. The lowest BCUT2D eigenvalue weighted by Crippen LogP contribution is -1.85. The molecule has 14 heavy (non-hydrogen) atoms. The van der Waals surface area contributed by atoms with Crippen LogP contribution in [0.2, 0.25) is 0 Å². The van der Waals surface area contributed by atoms with E-state index < -0.39 is 0 Å². The van der Waals surface area contributed by atoms with Crippen molar-refractivity contribution in [3.05, 3.63) is 22.7 Å². The number of halogens is 1. The summed E-state index contributed by atoms with van der Waals surface area (Å²) >= 11 is 4.92. The molecule has 0 atom stereocenters. The Balaban J connectivity index is 2.32. The van der Waals surface area contributed by atoms with E-state index in [1.807, 2.05) is 18.2 Å². The number of nitrogens with zero attached hydrogens (tertiary/aromatic N) is 1. The summed E-state index contributed by atoms with van der Waals surface area (Å²) in [6, 6.07) is 5.91. The van der Waals surface area contributed by atoms with Gasteiger partial charge in [0, 0.05) is 10.2 Å². The first-order valence-electron chi connectivity index (χ1n) is 4.18. The fourth-order valence-electron chi connectivity index (χ4n) is 1.17. The predicted octanol–water partition coefficient (Wildman–Crippen LogP) is 2.41. The molecule has 0 aliphatic rings. The van der Waals surface area contributed by atoms with Crippen LogP contribution in [0.3, 0.4) is 0 Å². The zero-order valence-corrected chi connectivity index (χ0v) is 9.73. The number of aromatic amines is 1. The Morgan fingerprint density at radius 2 is 2.36 bits per heavy atom. The number of hydrogen-bond acceptors (Lipinski definition) is 3. The Kier molecular flexibility index (Phi) is 3.10. The Morgan fingerprint density at radius 1 is 1.50 bits per heavy atom. The van der Waals surface area contributed by atoms with Gasteiger partial charge in [-0.1, -0.05) is 27.7 Å². The molecule has 2 rings (SSSR count). The molecule has 0 aliphatic heterocycles. The van der Waals surface area contributed by atoms with Crippen LogP contribution >= 0.6 is 27.7 Å². The Labute approximate surface area is 94.1 Å². The first kappa shape index (κ1) is 10.0. The van der Waals surface area contributed by atoms with Crippen molar-refractivity contribution in [1.82, 2.24) is 9.97 Å². The smallest absolute Gasteiger partial charge is 0.166 e. The second-order valence-electron chi connectivity index (χ2n) is 2.78. The standard InChI is InChI=1S/C9H9BrN2OS/c10-6-1-2-7-8(5-6)12-9(11-7)14-4-3-13/h1-2,5,13H,3-4H2,(H,11,12). The summed E-state index contributed by atoms with van der Waals surface area (Å²) in [5.74, 6) is 0.668. The molecule has 74 valence electrons. The van der Waals surface area contributed by atoms with Crippen molar-refractivity contribution in [1.29, 1.82) is 0 Å². The molecular formula is C9H9BrN2OS. The number of H-pyrrole nitrogens is 1. The molecule has 0 spiro atoms. The monoisotopic (exact) mass is 272 g/mol. The van der Waals surface area contributed by atoms with E-state index in [2.05, 4.69) is 25.9 Å². The Hall–Kier alpha value is -0.520. The quantitative estimate of drug-likeness (QED) is 0.844. The van der Waals surface area contributed by atoms with E-state index in [-0.39, 0.29) is 6.61 Å². The molecular weight excluding hydrogens is 264 g/mol. The number of hydrogen-bond donors (Lipinski definition) is 2. The van der Waals surface area contributed by atoms with Gasteiger partial charge in [0.15, 0.2) is 5.16 Å². The minimum absolute atomic E-state index is 0.172. The number of thioether (sulfide) groups is 1. The van der Waals surface area contributed by atoms with Gasteiger partial charge in [0.05, 0.1) is 17.6 Å². The number of aliphatic hydroxyl groups excluding tert-OH is 1. The van der Waals surface area contributed by atoms with Crippen LogP contribution in [0.4, 0.5) is 0 Å². The second kappa shape index (κ2) is 4.33. The largest absolute Gasteiger partial charge is 0.396 e. The number of rotatable bonds is 3. The maximum Gasteiger partial charge on any atom is 0.166 e. The van der Waals surface area contributed by atoms with Crippen molar-refractivity contribution >= 4 is 38.7 Å². The molecule has 0 unspecified atom stereocenters. The van der Waals surface area contributed by atoms with Crippen molar-refractivity contribution in [3.8, 4) is 0 Å². The van der Waals surface area contributed by atoms with Crippen LogP contribution in [-0.4, -0.2) is 27.4 Å². The fraction of sp³-hybridized carbons (Fsp3) is 0.222. The summed E-state index contributed by atoms with van der Waals surface area (Å²) in [5.41, 5.74) is 1.97. The van der Waals surface area contributed by atoms with E-state index in [0.717, 1.165) is 20.7 Å². The molecule has 2 N–H and O–H groups in total. The lowest BCUT2D eigenvalue weighted by Gasteiger charge is -1.90. The van der Waals surface area contributed by atoms with Crippen molar-refractivity contribution in [2.24, 2.45) is 0 Å². The molecule has 5 heteroatoms. The molecule has 1 aromatic heterocycles. The highest BCUT2D eigenvalue weighted by atomic mass is 79.9. The van der Waals surface area contributed by atoms with E-state index in [4.69, 9.17) is 5.11 Å². The van der Waals surface area contributed by atoms with Gasteiger partial charge in [-0.3, -0.25) is 0 Å². The minimum Gasteiger partial charge on any atom is -0.396 e. The Morgan fingerprint density at radius 3 is 3.14 bits per heavy atom. The first-order chi connectivity index (χ1) is 6.79. The van der Waals surface area contributed by atoms with Crippen LogP contribution in [0.15, 0.2) is 27.8 Å². The summed E-state index contributed by atoms with van der Waals surface area (Å²) < 4.78 is 1.03. The topological polar surface area (TPSA) is 48.9 Å². The number of imidazole rings is 1. The van der Waals surface area contributed by atoms with E-state index in [0.29, 0.717) is 5.75 Å². The highest BCUT2D eigenvalue weighted by molar-refractivity contribution is 9.10. The molecule has 0 saturated heterocycles. The third-order valence-corrected chi connectivity index (χ3v) is 3.10. The van der Waals surface area contributed by atoms with Crippen LogP contribution < -0.4 is 0 Å². The molecule has 0 amide bonds. The van der Waals surface area contributed by atoms with Gasteiger partial charge in [-0.2, -0.15) is 0 Å². The van der Waals surface area contributed by atoms with Crippen molar-refractivity contribution in [2.75, 3.05) is 12.4 Å². The molecule has 3 nitrogen and oxygen atoms in total. The maximum absolute atomic E-state index is 8.68. The van der Waals surface area contributed by atoms with Gasteiger partial charge in [-0.25, -0.2) is 4.98 Å². The van der Waals surface area contributed by atoms with Gasteiger partial charge in [-0.15, -0.1) is 0 Å². The van der Waals surface area contributed by atoms with Gasteiger partial charge < -0.3 is 10.1 Å². The number of fused-ring (bicyclic) bond motifs is 1. The normalized spacial score (nSPS) is 11.0. The van der Waals surface area contributed by atoms with Crippen LogP contribution in [0, 0.1) is 0 Å². The van der Waals surface area contributed by atoms with E-state index >= 15 is 0 Å². The lowest BCUT2D eigenvalue weighted by molar-refractivity contribution is 0.322. The van der Waals surface area contributed by atoms with Gasteiger partial charge in [0.1, 0.15) is 0 Å². The highest BCUT2D eigenvalue weighted by Gasteiger charge is 2.02. The number of nitrogens with one attached hydrogen (secondary N) is 1. The molecule has 1 heterocycles. The molecule has 0 saturated carbocycles. The van der Waals surface area contributed by atoms with Gasteiger partial charge >= 0.3 is 0 Å². The average Bonchev–Trinajstić information content (AvgIpc) is 2.56. The molecule has 2 aromatic rings. The highest BCUT2D eigenvalue weighted by Crippen LogP contribution is 2.21. The van der Waals surface area contributed by atoms with E-state index in [1.54, 1.807) is 0 Å². The Bertz CT molecular complexity index is 443. The number of aromatic nitrogens is 2. The van der Waals surface area contributed by atoms with Gasteiger partial charge in [0.25, 0.3) is 0 Å². The predicted molar refractivity (Wildman–Crippen MR) is 61.6 cm³/mol. The van der Waals surface area contributed by atoms with Gasteiger partial charge in [-0.05, 0) is 18.2 Å². The third kappa shape index (κ3) is 2.10. The van der Waals surface area contributed by atoms with E-state index in [1.165, 1.54) is 11.8 Å². The van der Waals surface area contributed by atoms with Crippen molar-refractivity contribution < 1.29 is 5.11 Å². The zero-order chi connectivity index (χ0) is 9.97. The maximum atomic E-state index is 8.68. The minimum atomic E-state index is 0.172. The second-order valence-corrected chi connectivity index (χ2v) is 4.77. The fourth-order valence-corrected chi connectivity index (χ4v) is 2.16. The first-order valence-corrected chi connectivity index (χ1v) is 5.96. The summed E-state index contributed by atoms with van der Waals surface area (Å²) in [7, 11) is 0. The van der Waals surface area contributed by atoms with Gasteiger partial charge in [0.2, 0.25) is 0 Å². The summed E-state index contributed by atoms with van der Waals surface area (Å²) in [5, 5.41) is 9.53. The lowest BCUT2D eigenvalue weighted by atomic mass is 10.3. The van der Waals surface area contributed by atoms with E-state index in [9.17, 15) is 0 Å². The van der Waals surface area contributed by atoms with Crippen molar-refractivity contribution in [3.63, 3.8) is 0 Å². The number of aliphatic hydroxyl groups is 1. The van der Waals surface area contributed by atoms with Crippen LogP contribution in [-0.2, 0) is 0 Å². The molecule has 0 bridgehead atoms. The summed E-state index contributed by atoms with van der Waals surface area (Å²) in [6.45, 7) is 0.172. The SMILES string of the molecule is OCCSc1nc2ccc(Br)cc2[nH]1. The molecule has 0 aliphatic carbocycles. The molecule has 0 fully saturated rings.